The zero-order valence-corrected chi connectivity index (χ0v) is 13.1. The molecular formula is C17H30N2. The third-order valence-electron chi connectivity index (χ3n) is 3.89. The first-order chi connectivity index (χ1) is 9.19. The maximum atomic E-state index is 3.52. The molecule has 0 amide bonds. The second-order valence-corrected chi connectivity index (χ2v) is 5.37. The molecule has 19 heavy (non-hydrogen) atoms. The Morgan fingerprint density at radius 2 is 1.89 bits per heavy atom. The van der Waals surface area contributed by atoms with Gasteiger partial charge in [-0.15, -0.1) is 0 Å². The van der Waals surface area contributed by atoms with Gasteiger partial charge in [-0.1, -0.05) is 45.7 Å². The van der Waals surface area contributed by atoms with Crippen LogP contribution in [0.25, 0.3) is 0 Å². The van der Waals surface area contributed by atoms with Crippen LogP contribution in [0.5, 0.6) is 0 Å². The average Bonchev–Trinajstić information content (AvgIpc) is 2.43. The van der Waals surface area contributed by atoms with Gasteiger partial charge in [-0.25, -0.2) is 0 Å². The molecule has 0 saturated carbocycles. The van der Waals surface area contributed by atoms with Crippen molar-refractivity contribution in [2.45, 2.75) is 40.5 Å². The van der Waals surface area contributed by atoms with E-state index >= 15 is 0 Å². The smallest absolute Gasteiger partial charge is 0.0343 e. The van der Waals surface area contributed by atoms with Crippen molar-refractivity contribution in [3.8, 4) is 0 Å². The molecular weight excluding hydrogens is 232 g/mol. The lowest BCUT2D eigenvalue weighted by Crippen LogP contribution is -2.33. The Labute approximate surface area is 119 Å². The lowest BCUT2D eigenvalue weighted by atomic mass is 10.0. The van der Waals surface area contributed by atoms with Crippen LogP contribution >= 0.6 is 0 Å². The summed E-state index contributed by atoms with van der Waals surface area (Å²) >= 11 is 0. The Morgan fingerprint density at radius 1 is 1.16 bits per heavy atom. The SMILES string of the molecule is CCC(CC)CN(CC)CCNc1cccc(C)c1. The van der Waals surface area contributed by atoms with E-state index < -0.39 is 0 Å². The minimum absolute atomic E-state index is 0.846. The molecule has 0 radical (unpaired) electrons. The summed E-state index contributed by atoms with van der Waals surface area (Å²) in [5, 5.41) is 3.52. The van der Waals surface area contributed by atoms with Gasteiger partial charge in [-0.2, -0.15) is 0 Å². The van der Waals surface area contributed by atoms with Gasteiger partial charge in [0.15, 0.2) is 0 Å². The van der Waals surface area contributed by atoms with E-state index in [2.05, 4.69) is 62.2 Å². The molecule has 0 heterocycles. The van der Waals surface area contributed by atoms with Crippen molar-refractivity contribution in [1.82, 2.24) is 4.90 Å². The minimum Gasteiger partial charge on any atom is -0.384 e. The highest BCUT2D eigenvalue weighted by molar-refractivity contribution is 5.45. The molecule has 1 N–H and O–H groups in total. The third-order valence-corrected chi connectivity index (χ3v) is 3.89. The first-order valence-electron chi connectivity index (χ1n) is 7.72. The van der Waals surface area contributed by atoms with E-state index in [1.807, 2.05) is 0 Å². The fourth-order valence-electron chi connectivity index (χ4n) is 2.40. The van der Waals surface area contributed by atoms with Crippen molar-refractivity contribution in [2.75, 3.05) is 31.5 Å². The predicted octanol–water partition coefficient (Wildman–Crippen LogP) is 4.17. The Kier molecular flexibility index (Phi) is 7.57. The summed E-state index contributed by atoms with van der Waals surface area (Å²) in [7, 11) is 0. The molecule has 2 nitrogen and oxygen atoms in total. The van der Waals surface area contributed by atoms with Crippen LogP contribution in [0.4, 0.5) is 5.69 Å². The van der Waals surface area contributed by atoms with E-state index in [1.54, 1.807) is 0 Å². The number of aryl methyl sites for hydroxylation is 1. The lowest BCUT2D eigenvalue weighted by molar-refractivity contribution is 0.241. The fourth-order valence-corrected chi connectivity index (χ4v) is 2.40. The maximum absolute atomic E-state index is 3.52. The molecule has 2 heteroatoms. The van der Waals surface area contributed by atoms with Gasteiger partial charge in [0.2, 0.25) is 0 Å². The molecule has 1 aromatic carbocycles. The Balaban J connectivity index is 2.33. The molecule has 0 spiro atoms. The maximum Gasteiger partial charge on any atom is 0.0343 e. The number of nitrogens with one attached hydrogen (secondary N) is 1. The molecule has 1 aromatic rings. The average molecular weight is 262 g/mol. The normalized spacial score (nSPS) is 11.3. The summed E-state index contributed by atoms with van der Waals surface area (Å²) in [5.41, 5.74) is 2.55. The van der Waals surface area contributed by atoms with E-state index in [1.165, 1.54) is 30.6 Å². The Hall–Kier alpha value is -1.02. The van der Waals surface area contributed by atoms with Crippen molar-refractivity contribution in [1.29, 1.82) is 0 Å². The molecule has 0 saturated heterocycles. The van der Waals surface area contributed by atoms with E-state index in [9.17, 15) is 0 Å². The molecule has 0 aliphatic rings. The summed E-state index contributed by atoms with van der Waals surface area (Å²) in [6.45, 7) is 13.5. The van der Waals surface area contributed by atoms with Gasteiger partial charge < -0.3 is 10.2 Å². The highest BCUT2D eigenvalue weighted by Gasteiger charge is 2.09. The molecule has 0 atom stereocenters. The van der Waals surface area contributed by atoms with E-state index in [0.717, 1.165) is 25.6 Å². The fraction of sp³-hybridized carbons (Fsp3) is 0.647. The van der Waals surface area contributed by atoms with Crippen LogP contribution in [-0.4, -0.2) is 31.1 Å². The first-order valence-corrected chi connectivity index (χ1v) is 7.72. The van der Waals surface area contributed by atoms with Crippen molar-refractivity contribution in [3.05, 3.63) is 29.8 Å². The number of hydrogen-bond acceptors (Lipinski definition) is 2. The van der Waals surface area contributed by atoms with Crippen molar-refractivity contribution in [3.63, 3.8) is 0 Å². The number of rotatable bonds is 9. The topological polar surface area (TPSA) is 15.3 Å². The van der Waals surface area contributed by atoms with Crippen LogP contribution in [0.2, 0.25) is 0 Å². The Bertz CT molecular complexity index is 345. The molecule has 108 valence electrons. The summed E-state index contributed by atoms with van der Waals surface area (Å²) in [6.07, 6.45) is 2.58. The van der Waals surface area contributed by atoms with Crippen LogP contribution in [0.15, 0.2) is 24.3 Å². The quantitative estimate of drug-likeness (QED) is 0.718. The van der Waals surface area contributed by atoms with Crippen LogP contribution in [0.3, 0.4) is 0 Å². The van der Waals surface area contributed by atoms with Gasteiger partial charge in [0.05, 0.1) is 0 Å². The molecule has 1 rings (SSSR count). The van der Waals surface area contributed by atoms with E-state index in [0.29, 0.717) is 0 Å². The lowest BCUT2D eigenvalue weighted by Gasteiger charge is -2.25. The largest absolute Gasteiger partial charge is 0.384 e. The monoisotopic (exact) mass is 262 g/mol. The van der Waals surface area contributed by atoms with Crippen molar-refractivity contribution in [2.24, 2.45) is 5.92 Å². The van der Waals surface area contributed by atoms with Gasteiger partial charge in [-0.3, -0.25) is 0 Å². The summed E-state index contributed by atoms with van der Waals surface area (Å²) in [5.74, 6) is 0.846. The van der Waals surface area contributed by atoms with Gasteiger partial charge >= 0.3 is 0 Å². The van der Waals surface area contributed by atoms with Crippen LogP contribution < -0.4 is 5.32 Å². The number of benzene rings is 1. The van der Waals surface area contributed by atoms with Gasteiger partial charge in [-0.05, 0) is 37.1 Å². The standard InChI is InChI=1S/C17H30N2/c1-5-16(6-2)14-19(7-3)12-11-18-17-10-8-9-15(4)13-17/h8-10,13,16,18H,5-7,11-12,14H2,1-4H3. The number of nitrogens with zero attached hydrogens (tertiary/aromatic N) is 1. The van der Waals surface area contributed by atoms with Crippen molar-refractivity contribution >= 4 is 5.69 Å². The van der Waals surface area contributed by atoms with Crippen LogP contribution in [0.1, 0.15) is 39.2 Å². The number of hydrogen-bond donors (Lipinski definition) is 1. The number of likely N-dealkylation sites (N-methyl/N-ethyl adjacent to an activating group) is 1. The molecule has 0 aliphatic heterocycles. The van der Waals surface area contributed by atoms with E-state index in [4.69, 9.17) is 0 Å². The van der Waals surface area contributed by atoms with Gasteiger partial charge in [0.1, 0.15) is 0 Å². The third kappa shape index (κ3) is 6.11. The van der Waals surface area contributed by atoms with Crippen molar-refractivity contribution < 1.29 is 0 Å². The second kappa shape index (κ2) is 8.98. The molecule has 0 aliphatic carbocycles. The van der Waals surface area contributed by atoms with Crippen LogP contribution in [-0.2, 0) is 0 Å². The first kappa shape index (κ1) is 16.0. The number of anilines is 1. The predicted molar refractivity (Wildman–Crippen MR) is 85.9 cm³/mol. The zero-order chi connectivity index (χ0) is 14.1. The zero-order valence-electron chi connectivity index (χ0n) is 13.1. The molecule has 0 fully saturated rings. The summed E-state index contributed by atoms with van der Waals surface area (Å²) in [4.78, 5) is 2.56. The second-order valence-electron chi connectivity index (χ2n) is 5.37. The Morgan fingerprint density at radius 3 is 2.47 bits per heavy atom. The van der Waals surface area contributed by atoms with Crippen LogP contribution in [0, 0.1) is 12.8 Å². The molecule has 0 unspecified atom stereocenters. The summed E-state index contributed by atoms with van der Waals surface area (Å²) in [6, 6.07) is 8.59. The van der Waals surface area contributed by atoms with Gasteiger partial charge in [0.25, 0.3) is 0 Å². The minimum atomic E-state index is 0.846. The molecule has 0 bridgehead atoms. The molecule has 0 aromatic heterocycles. The highest BCUT2D eigenvalue weighted by Crippen LogP contribution is 2.11. The van der Waals surface area contributed by atoms with Gasteiger partial charge in [0, 0.05) is 25.3 Å². The highest BCUT2D eigenvalue weighted by atomic mass is 15.1. The summed E-state index contributed by atoms with van der Waals surface area (Å²) < 4.78 is 0. The van der Waals surface area contributed by atoms with E-state index in [-0.39, 0.29) is 0 Å².